The van der Waals surface area contributed by atoms with Crippen molar-refractivity contribution in [1.82, 2.24) is 4.98 Å². The van der Waals surface area contributed by atoms with E-state index in [1.165, 1.54) is 31.4 Å². The Bertz CT molecular complexity index is 815. The summed E-state index contributed by atoms with van der Waals surface area (Å²) in [5.74, 6) is -3.28. The summed E-state index contributed by atoms with van der Waals surface area (Å²) in [4.78, 5) is 27.8. The molecular formula is C16H12Cl2FNO5. The molecule has 0 bridgehead atoms. The van der Waals surface area contributed by atoms with E-state index in [2.05, 4.69) is 9.72 Å². The monoisotopic (exact) mass is 387 g/mol. The number of hydrogen-bond donors (Lipinski definition) is 0. The molecule has 0 aliphatic heterocycles. The molecule has 0 fully saturated rings. The molecule has 0 aliphatic rings. The van der Waals surface area contributed by atoms with Crippen molar-refractivity contribution in [2.45, 2.75) is 6.10 Å². The molecule has 25 heavy (non-hydrogen) atoms. The maximum Gasteiger partial charge on any atom is 0.352 e. The van der Waals surface area contributed by atoms with Crippen LogP contribution in [0.15, 0.2) is 30.5 Å². The summed E-state index contributed by atoms with van der Waals surface area (Å²) < 4.78 is 28.3. The quantitative estimate of drug-likeness (QED) is 0.576. The van der Waals surface area contributed by atoms with Crippen molar-refractivity contribution in [2.75, 3.05) is 14.2 Å². The number of benzene rings is 1. The second kappa shape index (κ2) is 8.13. The van der Waals surface area contributed by atoms with Gasteiger partial charge in [-0.05, 0) is 18.2 Å². The molecule has 0 N–H and O–H groups in total. The second-order valence-electron chi connectivity index (χ2n) is 4.66. The summed E-state index contributed by atoms with van der Waals surface area (Å²) in [5, 5.41) is 0.435. The molecule has 1 heterocycles. The van der Waals surface area contributed by atoms with Gasteiger partial charge in [0.2, 0.25) is 6.10 Å². The highest BCUT2D eigenvalue weighted by Crippen LogP contribution is 2.31. The van der Waals surface area contributed by atoms with E-state index in [1.54, 1.807) is 0 Å². The van der Waals surface area contributed by atoms with Gasteiger partial charge in [-0.2, -0.15) is 4.39 Å². The van der Waals surface area contributed by atoms with Crippen LogP contribution < -0.4 is 4.74 Å². The normalized spacial score (nSPS) is 11.6. The Morgan fingerprint density at radius 2 is 1.92 bits per heavy atom. The van der Waals surface area contributed by atoms with E-state index in [9.17, 15) is 14.0 Å². The lowest BCUT2D eigenvalue weighted by Gasteiger charge is -2.18. The molecule has 2 aromatic rings. The summed E-state index contributed by atoms with van der Waals surface area (Å²) in [6, 6.07) is 5.47. The number of aromatic nitrogens is 1. The minimum Gasteiger partial charge on any atom is -0.491 e. The van der Waals surface area contributed by atoms with Gasteiger partial charge in [0.25, 0.3) is 5.95 Å². The number of methoxy groups -OCH3 is 2. The third-order valence-corrected chi connectivity index (χ3v) is 3.73. The smallest absolute Gasteiger partial charge is 0.352 e. The zero-order chi connectivity index (χ0) is 18.6. The molecule has 2 rings (SSSR count). The Hall–Kier alpha value is -2.38. The van der Waals surface area contributed by atoms with Gasteiger partial charge in [-0.1, -0.05) is 29.3 Å². The summed E-state index contributed by atoms with van der Waals surface area (Å²) >= 11 is 11.9. The van der Waals surface area contributed by atoms with Crippen LogP contribution in [0.3, 0.4) is 0 Å². The number of carbonyl (C=O) groups is 2. The molecule has 1 unspecified atom stereocenters. The van der Waals surface area contributed by atoms with Gasteiger partial charge in [0.05, 0.1) is 14.2 Å². The predicted molar refractivity (Wildman–Crippen MR) is 87.4 cm³/mol. The minimum absolute atomic E-state index is 0.101. The van der Waals surface area contributed by atoms with Crippen molar-refractivity contribution >= 4 is 35.1 Å². The van der Waals surface area contributed by atoms with Gasteiger partial charge in [0.15, 0.2) is 5.75 Å². The maximum absolute atomic E-state index is 13.6. The Balaban J connectivity index is 2.40. The zero-order valence-electron chi connectivity index (χ0n) is 13.1. The molecule has 9 heteroatoms. The van der Waals surface area contributed by atoms with Crippen LogP contribution in [-0.2, 0) is 14.3 Å². The fraction of sp³-hybridized carbons (Fsp3) is 0.188. The largest absolute Gasteiger partial charge is 0.491 e. The van der Waals surface area contributed by atoms with Crippen molar-refractivity contribution in [2.24, 2.45) is 0 Å². The number of esters is 2. The van der Waals surface area contributed by atoms with Crippen LogP contribution in [0.25, 0.3) is 0 Å². The fourth-order valence-corrected chi connectivity index (χ4v) is 2.52. The highest BCUT2D eigenvalue weighted by Gasteiger charge is 2.30. The molecule has 0 saturated carbocycles. The third-order valence-electron chi connectivity index (χ3n) is 3.17. The van der Waals surface area contributed by atoms with E-state index in [-0.39, 0.29) is 16.1 Å². The molecule has 1 atom stereocenters. The number of nitrogens with zero attached hydrogens (tertiary/aromatic N) is 1. The van der Waals surface area contributed by atoms with Crippen LogP contribution >= 0.6 is 23.2 Å². The van der Waals surface area contributed by atoms with Gasteiger partial charge in [0.1, 0.15) is 5.56 Å². The molecule has 0 radical (unpaired) electrons. The van der Waals surface area contributed by atoms with Crippen molar-refractivity contribution in [3.63, 3.8) is 0 Å². The SMILES string of the molecule is COC(=O)C(OC(=O)c1ccnc(F)c1OC)c1ccc(Cl)cc1Cl. The van der Waals surface area contributed by atoms with Crippen molar-refractivity contribution in [3.05, 3.63) is 57.6 Å². The molecule has 1 aromatic carbocycles. The molecule has 0 spiro atoms. The second-order valence-corrected chi connectivity index (χ2v) is 5.50. The third kappa shape index (κ3) is 4.18. The Kier molecular flexibility index (Phi) is 6.17. The Labute approximate surface area is 152 Å². The summed E-state index contributed by atoms with van der Waals surface area (Å²) in [7, 11) is 2.30. The zero-order valence-corrected chi connectivity index (χ0v) is 14.6. The van der Waals surface area contributed by atoms with E-state index < -0.39 is 29.7 Å². The predicted octanol–water partition coefficient (Wildman–Crippen LogP) is 3.61. The van der Waals surface area contributed by atoms with Gasteiger partial charge < -0.3 is 14.2 Å². The number of hydrogen-bond acceptors (Lipinski definition) is 6. The maximum atomic E-state index is 13.6. The van der Waals surface area contributed by atoms with Gasteiger partial charge in [-0.3, -0.25) is 0 Å². The topological polar surface area (TPSA) is 74.7 Å². The number of pyridine rings is 1. The summed E-state index contributed by atoms with van der Waals surface area (Å²) in [5.41, 5.74) is -0.0752. The van der Waals surface area contributed by atoms with Crippen LogP contribution in [0.1, 0.15) is 22.0 Å². The average molecular weight is 388 g/mol. The average Bonchev–Trinajstić information content (AvgIpc) is 2.59. The molecule has 6 nitrogen and oxygen atoms in total. The Morgan fingerprint density at radius 3 is 2.52 bits per heavy atom. The number of halogens is 3. The lowest BCUT2D eigenvalue weighted by Crippen LogP contribution is -2.22. The first-order valence-corrected chi connectivity index (χ1v) is 7.56. The van der Waals surface area contributed by atoms with Gasteiger partial charge in [-0.25, -0.2) is 14.6 Å². The minimum atomic E-state index is -1.47. The van der Waals surface area contributed by atoms with E-state index >= 15 is 0 Å². The van der Waals surface area contributed by atoms with Gasteiger partial charge in [0, 0.05) is 21.8 Å². The van der Waals surface area contributed by atoms with Gasteiger partial charge in [-0.15, -0.1) is 0 Å². The Morgan fingerprint density at radius 1 is 1.20 bits per heavy atom. The molecule has 0 amide bonds. The number of ether oxygens (including phenoxy) is 3. The van der Waals surface area contributed by atoms with Crippen molar-refractivity contribution in [1.29, 1.82) is 0 Å². The van der Waals surface area contributed by atoms with Crippen molar-refractivity contribution in [3.8, 4) is 5.75 Å². The molecular weight excluding hydrogens is 376 g/mol. The first-order valence-electron chi connectivity index (χ1n) is 6.81. The highest BCUT2D eigenvalue weighted by atomic mass is 35.5. The summed E-state index contributed by atoms with van der Waals surface area (Å²) in [6.45, 7) is 0. The lowest BCUT2D eigenvalue weighted by atomic mass is 10.1. The number of rotatable bonds is 5. The molecule has 0 aliphatic carbocycles. The van der Waals surface area contributed by atoms with Crippen LogP contribution in [0.4, 0.5) is 4.39 Å². The summed E-state index contributed by atoms with van der Waals surface area (Å²) in [6.07, 6.45) is -0.403. The highest BCUT2D eigenvalue weighted by molar-refractivity contribution is 6.35. The standard InChI is InChI=1S/C16H12Cl2FNO5/c1-23-12-10(5-6-20-14(12)19)15(21)25-13(16(22)24-2)9-4-3-8(17)7-11(9)18/h3-7,13H,1-2H3. The van der Waals surface area contributed by atoms with Crippen LogP contribution in [0.5, 0.6) is 5.75 Å². The van der Waals surface area contributed by atoms with E-state index in [0.717, 1.165) is 13.3 Å². The number of carbonyl (C=O) groups excluding carboxylic acids is 2. The first-order chi connectivity index (χ1) is 11.9. The first kappa shape index (κ1) is 19.0. The molecule has 0 saturated heterocycles. The van der Waals surface area contributed by atoms with Crippen LogP contribution in [-0.4, -0.2) is 31.1 Å². The van der Waals surface area contributed by atoms with Crippen LogP contribution in [0, 0.1) is 5.95 Å². The van der Waals surface area contributed by atoms with Gasteiger partial charge >= 0.3 is 11.9 Å². The van der Waals surface area contributed by atoms with E-state index in [0.29, 0.717) is 5.02 Å². The lowest BCUT2D eigenvalue weighted by molar-refractivity contribution is -0.151. The molecule has 132 valence electrons. The van der Waals surface area contributed by atoms with E-state index in [1.807, 2.05) is 0 Å². The molecule has 1 aromatic heterocycles. The van der Waals surface area contributed by atoms with Crippen molar-refractivity contribution < 1.29 is 28.2 Å². The van der Waals surface area contributed by atoms with E-state index in [4.69, 9.17) is 32.7 Å². The van der Waals surface area contributed by atoms with Crippen LogP contribution in [0.2, 0.25) is 10.0 Å². The fourth-order valence-electron chi connectivity index (χ4n) is 2.01.